The third-order valence-corrected chi connectivity index (χ3v) is 7.53. The van der Waals surface area contributed by atoms with E-state index in [2.05, 4.69) is 20.5 Å². The van der Waals surface area contributed by atoms with Crippen molar-refractivity contribution in [2.45, 2.75) is 49.9 Å². The first-order valence-corrected chi connectivity index (χ1v) is 12.0. The Morgan fingerprint density at radius 3 is 2.80 bits per heavy atom. The Kier molecular flexibility index (Phi) is 6.20. The Balaban J connectivity index is 1.26. The molecule has 9 nitrogen and oxygen atoms in total. The first-order valence-electron chi connectivity index (χ1n) is 12.0. The van der Waals surface area contributed by atoms with Crippen molar-refractivity contribution in [1.29, 1.82) is 0 Å². The predicted octanol–water partition coefficient (Wildman–Crippen LogP) is 2.16. The van der Waals surface area contributed by atoms with Crippen molar-refractivity contribution < 1.29 is 23.1 Å². The van der Waals surface area contributed by atoms with Crippen LogP contribution in [0.5, 0.6) is 5.88 Å². The zero-order valence-electron chi connectivity index (χ0n) is 19.9. The van der Waals surface area contributed by atoms with Crippen molar-refractivity contribution in [3.8, 4) is 17.1 Å². The largest absolute Gasteiger partial charge is 0.481 e. The maximum absolute atomic E-state index is 14.3. The number of nitrogens with zero attached hydrogens (tertiary/aromatic N) is 4. The van der Waals surface area contributed by atoms with Crippen LogP contribution in [0.4, 0.5) is 8.78 Å². The second kappa shape index (κ2) is 9.18. The second-order valence-corrected chi connectivity index (χ2v) is 9.93. The van der Waals surface area contributed by atoms with Crippen molar-refractivity contribution in [1.82, 2.24) is 30.3 Å². The number of carbonyl (C=O) groups excluding carboxylic acids is 2. The fraction of sp³-hybridized carbons (Fsp3) is 0.583. The maximum atomic E-state index is 14.3. The van der Waals surface area contributed by atoms with Gasteiger partial charge >= 0.3 is 0 Å². The lowest BCUT2D eigenvalue weighted by Crippen LogP contribution is -2.56. The number of halogens is 2. The normalized spacial score (nSPS) is 25.9. The summed E-state index contributed by atoms with van der Waals surface area (Å²) in [6.45, 7) is 1.61. The molecule has 2 saturated heterocycles. The first-order chi connectivity index (χ1) is 16.8. The van der Waals surface area contributed by atoms with Gasteiger partial charge in [-0.2, -0.15) is 5.10 Å². The summed E-state index contributed by atoms with van der Waals surface area (Å²) in [5, 5.41) is 9.78. The minimum atomic E-state index is -1.04. The molecule has 0 bridgehead atoms. The van der Waals surface area contributed by atoms with Gasteiger partial charge in [-0.1, -0.05) is 0 Å². The Hall–Kier alpha value is -3.08. The molecule has 0 radical (unpaired) electrons. The molecule has 5 rings (SSSR count). The van der Waals surface area contributed by atoms with Crippen molar-refractivity contribution in [2.75, 3.05) is 33.8 Å². The fourth-order valence-electron chi connectivity index (χ4n) is 5.32. The SMILES string of the molecule is COc1cc(-c2cc(C(=O)N3CCC(C(=O)N[C@@H]4CN(C)CC[C@H]4F)CC34CC4)[nH]n2)c(F)cn1. The summed E-state index contributed by atoms with van der Waals surface area (Å²) in [6.07, 6.45) is 3.13. The lowest BCUT2D eigenvalue weighted by molar-refractivity contribution is -0.129. The number of aromatic amines is 1. The van der Waals surface area contributed by atoms with Gasteiger partial charge in [0.05, 0.1) is 25.0 Å². The standard InChI is InChI=1S/C24H30F2N6O3/c1-31-7-4-16(25)20(13-31)28-22(33)14-3-8-32(24(11-14)5-6-24)23(34)19-10-18(29-30-19)15-9-21(35-2)27-12-17(15)26/h9-10,12,14,16,20H,3-8,11,13H2,1-2H3,(H,28,33)(H,29,30)/t14?,16-,20-/m1/s1. The van der Waals surface area contributed by atoms with Crippen LogP contribution in [0.3, 0.4) is 0 Å². The summed E-state index contributed by atoms with van der Waals surface area (Å²) >= 11 is 0. The number of hydrogen-bond donors (Lipinski definition) is 2. The van der Waals surface area contributed by atoms with E-state index >= 15 is 0 Å². The minimum absolute atomic E-state index is 0.128. The molecule has 11 heteroatoms. The van der Waals surface area contributed by atoms with Crippen molar-refractivity contribution in [3.05, 3.63) is 29.8 Å². The molecular weight excluding hydrogens is 458 g/mol. The highest BCUT2D eigenvalue weighted by Crippen LogP contribution is 2.50. The number of H-pyrrole nitrogens is 1. The summed E-state index contributed by atoms with van der Waals surface area (Å²) in [5.41, 5.74) is 0.355. The molecule has 1 unspecified atom stereocenters. The van der Waals surface area contributed by atoms with Crippen LogP contribution >= 0.6 is 0 Å². The van der Waals surface area contributed by atoms with Crippen molar-refractivity contribution >= 4 is 11.8 Å². The van der Waals surface area contributed by atoms with Crippen molar-refractivity contribution in [3.63, 3.8) is 0 Å². The second-order valence-electron chi connectivity index (χ2n) is 9.93. The number of nitrogens with one attached hydrogen (secondary N) is 2. The average molecular weight is 489 g/mol. The number of amides is 2. The summed E-state index contributed by atoms with van der Waals surface area (Å²) in [7, 11) is 3.36. The summed E-state index contributed by atoms with van der Waals surface area (Å²) in [6, 6.07) is 2.46. The van der Waals surface area contributed by atoms with Crippen LogP contribution < -0.4 is 10.1 Å². The summed E-state index contributed by atoms with van der Waals surface area (Å²) in [5.74, 6) is -0.928. The van der Waals surface area contributed by atoms with E-state index in [0.717, 1.165) is 19.0 Å². The van der Waals surface area contributed by atoms with E-state index in [-0.39, 0.29) is 46.1 Å². The highest BCUT2D eigenvalue weighted by molar-refractivity contribution is 5.94. The Morgan fingerprint density at radius 1 is 1.26 bits per heavy atom. The number of pyridine rings is 1. The fourth-order valence-corrected chi connectivity index (χ4v) is 5.32. The van der Waals surface area contributed by atoms with E-state index in [1.165, 1.54) is 19.2 Å². The number of rotatable bonds is 5. The molecule has 3 atom stereocenters. The zero-order chi connectivity index (χ0) is 24.7. The molecule has 35 heavy (non-hydrogen) atoms. The number of aromatic nitrogens is 3. The molecule has 3 aliphatic rings. The van der Waals surface area contributed by atoms with E-state index < -0.39 is 18.0 Å². The van der Waals surface area contributed by atoms with Crippen LogP contribution in [0.2, 0.25) is 0 Å². The van der Waals surface area contributed by atoms with E-state index in [4.69, 9.17) is 4.74 Å². The molecule has 1 aliphatic carbocycles. The van der Waals surface area contributed by atoms with E-state index in [0.29, 0.717) is 38.9 Å². The minimum Gasteiger partial charge on any atom is -0.481 e. The number of ether oxygens (including phenoxy) is 1. The lowest BCUT2D eigenvalue weighted by atomic mass is 9.87. The van der Waals surface area contributed by atoms with Gasteiger partial charge in [0.1, 0.15) is 11.9 Å². The van der Waals surface area contributed by atoms with Crippen molar-refractivity contribution in [2.24, 2.45) is 5.92 Å². The van der Waals surface area contributed by atoms with Crippen LogP contribution in [0.15, 0.2) is 18.3 Å². The maximum Gasteiger partial charge on any atom is 0.272 e. The van der Waals surface area contributed by atoms with Gasteiger partial charge < -0.3 is 19.9 Å². The quantitative estimate of drug-likeness (QED) is 0.669. The molecule has 3 fully saturated rings. The average Bonchev–Trinajstić information content (AvgIpc) is 3.42. The molecule has 1 spiro atoms. The molecule has 2 N–H and O–H groups in total. The molecule has 1 saturated carbocycles. The molecule has 0 aromatic carbocycles. The molecule has 2 aromatic rings. The van der Waals surface area contributed by atoms with Crippen LogP contribution in [-0.2, 0) is 4.79 Å². The van der Waals surface area contributed by atoms with Gasteiger partial charge in [0.15, 0.2) is 5.82 Å². The third-order valence-electron chi connectivity index (χ3n) is 7.53. The number of hydrogen-bond acceptors (Lipinski definition) is 6. The van der Waals surface area contributed by atoms with Gasteiger partial charge in [-0.25, -0.2) is 13.8 Å². The van der Waals surface area contributed by atoms with E-state index in [1.54, 1.807) is 0 Å². The molecule has 2 aromatic heterocycles. The first kappa shape index (κ1) is 23.7. The predicted molar refractivity (Wildman–Crippen MR) is 123 cm³/mol. The Morgan fingerprint density at radius 2 is 2.06 bits per heavy atom. The zero-order valence-corrected chi connectivity index (χ0v) is 19.9. The lowest BCUT2D eigenvalue weighted by Gasteiger charge is -2.40. The summed E-state index contributed by atoms with van der Waals surface area (Å²) in [4.78, 5) is 34.0. The van der Waals surface area contributed by atoms with Gasteiger partial charge in [0, 0.05) is 42.7 Å². The van der Waals surface area contributed by atoms with Gasteiger partial charge in [0.25, 0.3) is 5.91 Å². The van der Waals surface area contributed by atoms with E-state index in [1.807, 2.05) is 16.8 Å². The Labute approximate surface area is 202 Å². The number of piperidine rings is 2. The molecule has 4 heterocycles. The van der Waals surface area contributed by atoms with Gasteiger partial charge in [-0.3, -0.25) is 14.7 Å². The number of likely N-dealkylation sites (N-methyl/N-ethyl adjacent to an activating group) is 1. The summed E-state index contributed by atoms with van der Waals surface area (Å²) < 4.78 is 33.7. The molecule has 2 aliphatic heterocycles. The smallest absolute Gasteiger partial charge is 0.272 e. The molecule has 188 valence electrons. The molecule has 2 amide bonds. The highest BCUT2D eigenvalue weighted by Gasteiger charge is 2.54. The van der Waals surface area contributed by atoms with E-state index in [9.17, 15) is 18.4 Å². The number of carbonyl (C=O) groups is 2. The van der Waals surface area contributed by atoms with Crippen LogP contribution in [0.25, 0.3) is 11.3 Å². The number of methoxy groups -OCH3 is 1. The number of likely N-dealkylation sites (tertiary alicyclic amines) is 2. The highest BCUT2D eigenvalue weighted by atomic mass is 19.1. The number of alkyl halides is 1. The topological polar surface area (TPSA) is 103 Å². The molecular formula is C24H30F2N6O3. The van der Waals surface area contributed by atoms with Crippen LogP contribution in [-0.4, -0.2) is 88.3 Å². The van der Waals surface area contributed by atoms with Gasteiger partial charge in [-0.05, 0) is 45.2 Å². The Bertz CT molecular complexity index is 1120. The van der Waals surface area contributed by atoms with Crippen LogP contribution in [0.1, 0.15) is 42.6 Å². The monoisotopic (exact) mass is 488 g/mol. The van der Waals surface area contributed by atoms with Gasteiger partial charge in [0.2, 0.25) is 11.8 Å². The van der Waals surface area contributed by atoms with Gasteiger partial charge in [-0.15, -0.1) is 0 Å². The third kappa shape index (κ3) is 4.61. The van der Waals surface area contributed by atoms with Crippen LogP contribution in [0, 0.1) is 11.7 Å².